The van der Waals surface area contributed by atoms with Crippen molar-refractivity contribution in [2.45, 2.75) is 38.3 Å². The number of rotatable bonds is 4. The molecule has 4 bridgehead atoms. The van der Waals surface area contributed by atoms with E-state index in [9.17, 15) is 20.1 Å². The van der Waals surface area contributed by atoms with Gasteiger partial charge in [-0.3, -0.25) is 14.6 Å². The predicted octanol–water partition coefficient (Wildman–Crippen LogP) is -5.22. The molecule has 7 nitrogen and oxygen atoms in total. The van der Waals surface area contributed by atoms with E-state index in [1.165, 1.54) is 0 Å². The summed E-state index contributed by atoms with van der Waals surface area (Å²) in [5.74, 6) is 0.325. The molecule has 0 aromatic heterocycles. The molecule has 0 unspecified atom stereocenters. The van der Waals surface area contributed by atoms with Gasteiger partial charge < -0.3 is 20.4 Å². The zero-order valence-corrected chi connectivity index (χ0v) is 12.5. The Labute approximate surface area is 123 Å². The third-order valence-electron chi connectivity index (χ3n) is 5.72. The topological polar surface area (TPSA) is 107 Å². The van der Waals surface area contributed by atoms with Crippen LogP contribution in [0.4, 0.5) is 0 Å². The van der Waals surface area contributed by atoms with Crippen LogP contribution in [0.5, 0.6) is 0 Å². The van der Waals surface area contributed by atoms with Gasteiger partial charge in [0.15, 0.2) is 11.9 Å². The molecule has 4 aliphatic heterocycles. The van der Waals surface area contributed by atoms with Crippen LogP contribution in [0.25, 0.3) is 0 Å². The number of hydrogen-bond donors (Lipinski definition) is 6. The van der Waals surface area contributed by atoms with Gasteiger partial charge in [0.1, 0.15) is 23.0 Å². The number of aliphatic hydroxyl groups excluding tert-OH is 4. The maximum Gasteiger partial charge on any atom is 0.242 e. The van der Waals surface area contributed by atoms with Gasteiger partial charge in [0, 0.05) is 0 Å². The molecule has 4 heterocycles. The lowest BCUT2D eigenvalue weighted by molar-refractivity contribution is -1.17. The van der Waals surface area contributed by atoms with E-state index in [1.807, 2.05) is 13.8 Å². The summed E-state index contributed by atoms with van der Waals surface area (Å²) in [6, 6.07) is 0. The van der Waals surface area contributed by atoms with Gasteiger partial charge in [-0.05, 0) is 13.8 Å². The average Bonchev–Trinajstić information content (AvgIpc) is 2.41. The van der Waals surface area contributed by atoms with Crippen LogP contribution in [0.3, 0.4) is 0 Å². The fourth-order valence-corrected chi connectivity index (χ4v) is 5.05. The number of ketones is 1. The Bertz CT molecular complexity index is 417. The zero-order chi connectivity index (χ0) is 15.6. The summed E-state index contributed by atoms with van der Waals surface area (Å²) in [6.45, 7) is 6.05. The van der Waals surface area contributed by atoms with Crippen LogP contribution in [0.2, 0.25) is 0 Å². The number of aliphatic hydroxyl groups is 4. The maximum atomic E-state index is 12.6. The van der Waals surface area contributed by atoms with Gasteiger partial charge in [-0.1, -0.05) is 0 Å². The smallest absolute Gasteiger partial charge is 0.242 e. The van der Waals surface area contributed by atoms with Gasteiger partial charge in [-0.15, -0.1) is 0 Å². The Morgan fingerprint density at radius 3 is 1.90 bits per heavy atom. The van der Waals surface area contributed by atoms with Crippen molar-refractivity contribution in [2.24, 2.45) is 10.8 Å². The summed E-state index contributed by atoms with van der Waals surface area (Å²) in [7, 11) is 0. The lowest BCUT2D eigenvalue weighted by atomic mass is 9.61. The third-order valence-corrected chi connectivity index (χ3v) is 5.72. The second kappa shape index (κ2) is 4.71. The largest absolute Gasteiger partial charge is 0.394 e. The minimum atomic E-state index is -1.37. The zero-order valence-electron chi connectivity index (χ0n) is 12.5. The second-order valence-corrected chi connectivity index (χ2v) is 7.68. The fraction of sp³-hybridized carbons (Fsp3) is 0.929. The van der Waals surface area contributed by atoms with Crippen molar-refractivity contribution in [3.63, 3.8) is 0 Å². The molecule has 0 spiro atoms. The molecule has 4 saturated heterocycles. The van der Waals surface area contributed by atoms with Crippen LogP contribution < -0.4 is 9.80 Å². The van der Waals surface area contributed by atoms with Gasteiger partial charge >= 0.3 is 0 Å². The Kier molecular flexibility index (Phi) is 3.44. The SMILES string of the molecule is CC12C[NH+]3CC(C)(C[NH+](C1)C3[C@H](O)[C@H](O)[C@H](O)CO)C2=O. The number of Topliss-reactive ketones (excluding diaryl/α,β-unsaturated/α-hetero) is 1. The van der Waals surface area contributed by atoms with E-state index >= 15 is 0 Å². The quantitative estimate of drug-likeness (QED) is 0.311. The molecule has 0 aromatic rings. The normalized spacial score (nSPS) is 49.2. The Balaban J connectivity index is 1.84. The van der Waals surface area contributed by atoms with E-state index in [4.69, 9.17) is 5.11 Å². The van der Waals surface area contributed by atoms with Crippen molar-refractivity contribution in [1.29, 1.82) is 0 Å². The summed E-state index contributed by atoms with van der Waals surface area (Å²) < 4.78 is 0. The molecule has 0 saturated carbocycles. The van der Waals surface area contributed by atoms with Crippen molar-refractivity contribution >= 4 is 5.78 Å². The molecule has 21 heavy (non-hydrogen) atoms. The van der Waals surface area contributed by atoms with Crippen LogP contribution in [0, 0.1) is 10.8 Å². The van der Waals surface area contributed by atoms with Gasteiger partial charge in [0.2, 0.25) is 6.17 Å². The van der Waals surface area contributed by atoms with Crippen LogP contribution >= 0.6 is 0 Å². The Hall–Kier alpha value is -0.570. The molecule has 0 radical (unpaired) electrons. The van der Waals surface area contributed by atoms with Crippen LogP contribution in [0.15, 0.2) is 0 Å². The Morgan fingerprint density at radius 1 is 1.10 bits per heavy atom. The molecular weight excluding hydrogens is 276 g/mol. The number of hydrogen-bond acceptors (Lipinski definition) is 5. The first kappa shape index (κ1) is 15.3. The molecule has 0 aliphatic carbocycles. The minimum absolute atomic E-state index is 0.254. The number of carbonyl (C=O) groups is 1. The molecule has 0 amide bonds. The number of carbonyl (C=O) groups excluding carboxylic acids is 1. The first-order chi connectivity index (χ1) is 9.72. The highest BCUT2D eigenvalue weighted by Crippen LogP contribution is 2.34. The van der Waals surface area contributed by atoms with Gasteiger partial charge in [0.05, 0.1) is 32.8 Å². The molecule has 4 aliphatic rings. The highest BCUT2D eigenvalue weighted by Gasteiger charge is 2.69. The molecule has 4 fully saturated rings. The summed E-state index contributed by atoms with van der Waals surface area (Å²) in [5, 5.41) is 38.9. The number of quaternary nitrogens is 2. The first-order valence-electron chi connectivity index (χ1n) is 7.61. The van der Waals surface area contributed by atoms with Crippen molar-refractivity contribution < 1.29 is 35.0 Å². The minimum Gasteiger partial charge on any atom is -0.394 e. The predicted molar refractivity (Wildman–Crippen MR) is 71.5 cm³/mol. The fourth-order valence-electron chi connectivity index (χ4n) is 5.05. The van der Waals surface area contributed by atoms with Crippen LogP contribution in [-0.4, -0.2) is 83.5 Å². The van der Waals surface area contributed by atoms with E-state index in [0.717, 1.165) is 9.80 Å². The lowest BCUT2D eigenvalue weighted by Gasteiger charge is -2.59. The molecule has 0 aromatic carbocycles. The molecule has 120 valence electrons. The van der Waals surface area contributed by atoms with Gasteiger partial charge in [-0.25, -0.2) is 0 Å². The second-order valence-electron chi connectivity index (χ2n) is 7.68. The highest BCUT2D eigenvalue weighted by atomic mass is 16.4. The summed E-state index contributed by atoms with van der Waals surface area (Å²) in [4.78, 5) is 14.8. The summed E-state index contributed by atoms with van der Waals surface area (Å²) in [6.07, 6.45) is -4.07. The van der Waals surface area contributed by atoms with E-state index in [2.05, 4.69) is 0 Å². The van der Waals surface area contributed by atoms with E-state index in [-0.39, 0.29) is 17.0 Å². The Morgan fingerprint density at radius 2 is 1.52 bits per heavy atom. The monoisotopic (exact) mass is 302 g/mol. The van der Waals surface area contributed by atoms with Crippen LogP contribution in [0.1, 0.15) is 13.8 Å². The molecule has 3 atom stereocenters. The first-order valence-corrected chi connectivity index (χ1v) is 7.61. The number of nitrogens with one attached hydrogen (secondary N) is 2. The summed E-state index contributed by atoms with van der Waals surface area (Å²) >= 11 is 0. The van der Waals surface area contributed by atoms with Crippen molar-refractivity contribution in [2.75, 3.05) is 32.8 Å². The van der Waals surface area contributed by atoms with E-state index in [1.54, 1.807) is 0 Å². The molecule has 6 N–H and O–H groups in total. The van der Waals surface area contributed by atoms with Crippen molar-refractivity contribution in [3.05, 3.63) is 0 Å². The third kappa shape index (κ3) is 2.07. The van der Waals surface area contributed by atoms with Crippen molar-refractivity contribution in [1.82, 2.24) is 0 Å². The number of piperidine rings is 2. The molecular formula is C14H26N2O5+2. The van der Waals surface area contributed by atoms with E-state index < -0.39 is 24.9 Å². The molecule has 7 heteroatoms. The molecule has 4 rings (SSSR count). The highest BCUT2D eigenvalue weighted by molar-refractivity contribution is 5.91. The van der Waals surface area contributed by atoms with E-state index in [0.29, 0.717) is 32.0 Å². The van der Waals surface area contributed by atoms with Gasteiger partial charge in [-0.2, -0.15) is 0 Å². The van der Waals surface area contributed by atoms with Crippen molar-refractivity contribution in [3.8, 4) is 0 Å². The van der Waals surface area contributed by atoms with Gasteiger partial charge in [0.25, 0.3) is 0 Å². The average molecular weight is 302 g/mol. The maximum absolute atomic E-state index is 12.6. The summed E-state index contributed by atoms with van der Waals surface area (Å²) in [5.41, 5.74) is -0.709. The van der Waals surface area contributed by atoms with Crippen LogP contribution in [-0.2, 0) is 4.79 Å². The lowest BCUT2D eigenvalue weighted by Crippen LogP contribution is -3.46. The standard InChI is InChI=1S/C14H24N2O5/c1-13-4-15-6-14(2,12(13)21)7-16(5-13)11(15)10(20)9(19)8(18)3-17/h8-11,17-20H,3-7H2,1-2H3/p+2/t8-,9-,10-,11?,13?,14?/m1/s1.